The fourth-order valence-electron chi connectivity index (χ4n) is 3.54. The average Bonchev–Trinajstić information content (AvgIpc) is 3.42. The van der Waals surface area contributed by atoms with Crippen molar-refractivity contribution in [2.45, 2.75) is 26.9 Å². The lowest BCUT2D eigenvalue weighted by Gasteiger charge is -2.17. The number of hydrogen-bond acceptors (Lipinski definition) is 7. The first-order valence-electron chi connectivity index (χ1n) is 11.3. The molecule has 0 spiro atoms. The fraction of sp³-hybridized carbons (Fsp3) is 0.240. The molecule has 0 radical (unpaired) electrons. The number of hydrogen-bond donors (Lipinski definition) is 1. The van der Waals surface area contributed by atoms with E-state index in [0.29, 0.717) is 18.9 Å². The molecule has 0 aliphatic rings. The Morgan fingerprint density at radius 2 is 1.83 bits per heavy atom. The van der Waals surface area contributed by atoms with E-state index in [2.05, 4.69) is 15.3 Å². The van der Waals surface area contributed by atoms with Crippen LogP contribution in [0.15, 0.2) is 60.9 Å². The van der Waals surface area contributed by atoms with Crippen LogP contribution in [0.2, 0.25) is 0 Å². The molecule has 0 bridgehead atoms. The molecule has 0 aliphatic heterocycles. The molecular weight excluding hydrogens is 483 g/mol. The van der Waals surface area contributed by atoms with Crippen LogP contribution >= 0.6 is 18.9 Å². The van der Waals surface area contributed by atoms with E-state index in [1.807, 2.05) is 35.8 Å². The number of imidazole rings is 1. The number of aromatic nitrogens is 3. The Bertz CT molecular complexity index is 1380. The summed E-state index contributed by atoms with van der Waals surface area (Å²) in [5, 5.41) is 3.64. The molecule has 0 saturated heterocycles. The number of para-hydroxylation sites is 2. The van der Waals surface area contributed by atoms with Gasteiger partial charge in [-0.05, 0) is 56.7 Å². The number of carbonyl (C=O) groups is 1. The number of aryl methyl sites for hydroxylation is 1. The van der Waals surface area contributed by atoms with E-state index in [1.54, 1.807) is 50.5 Å². The summed E-state index contributed by atoms with van der Waals surface area (Å²) in [6, 6.07) is 15.0. The van der Waals surface area contributed by atoms with Crippen molar-refractivity contribution in [3.8, 4) is 5.13 Å². The molecule has 2 heterocycles. The maximum absolute atomic E-state index is 12.7. The lowest BCUT2D eigenvalue weighted by molar-refractivity contribution is -0.111. The molecule has 35 heavy (non-hydrogen) atoms. The molecule has 8 nitrogen and oxygen atoms in total. The van der Waals surface area contributed by atoms with Gasteiger partial charge in [0.05, 0.1) is 41.0 Å². The van der Waals surface area contributed by atoms with E-state index < -0.39 is 7.60 Å². The Balaban J connectivity index is 1.40. The van der Waals surface area contributed by atoms with E-state index in [-0.39, 0.29) is 12.1 Å². The van der Waals surface area contributed by atoms with Gasteiger partial charge in [-0.2, -0.15) is 0 Å². The molecule has 2 aromatic heterocycles. The number of carbonyl (C=O) groups excluding carboxylic acids is 1. The molecule has 4 aromatic rings. The minimum absolute atomic E-state index is 0.183. The summed E-state index contributed by atoms with van der Waals surface area (Å²) in [6.45, 7) is 6.12. The molecule has 0 aliphatic carbocycles. The van der Waals surface area contributed by atoms with Crippen LogP contribution in [0, 0.1) is 6.92 Å². The third kappa shape index (κ3) is 6.13. The summed E-state index contributed by atoms with van der Waals surface area (Å²) in [5.41, 5.74) is 4.17. The number of thiazole rings is 1. The zero-order chi connectivity index (χ0) is 24.8. The largest absolute Gasteiger partial charge is 0.335 e. The highest BCUT2D eigenvalue weighted by atomic mass is 32.1. The van der Waals surface area contributed by atoms with Crippen molar-refractivity contribution in [2.24, 2.45) is 0 Å². The Kier molecular flexibility index (Phi) is 7.93. The summed E-state index contributed by atoms with van der Waals surface area (Å²) >= 11 is 1.49. The third-order valence-corrected chi connectivity index (χ3v) is 8.29. The van der Waals surface area contributed by atoms with Crippen molar-refractivity contribution in [3.63, 3.8) is 0 Å². The molecule has 10 heteroatoms. The topological polar surface area (TPSA) is 95.3 Å². The second kappa shape index (κ2) is 11.1. The molecule has 4 rings (SSSR count). The van der Waals surface area contributed by atoms with E-state index in [0.717, 1.165) is 32.3 Å². The summed E-state index contributed by atoms with van der Waals surface area (Å²) in [6.07, 6.45) is 5.19. The van der Waals surface area contributed by atoms with Gasteiger partial charge in [-0.3, -0.25) is 13.9 Å². The Hall–Kier alpha value is -3.10. The number of nitrogens with one attached hydrogen (secondary N) is 1. The molecule has 1 N–H and O–H groups in total. The highest BCUT2D eigenvalue weighted by Gasteiger charge is 2.23. The number of nitrogens with zero attached hydrogens (tertiary/aromatic N) is 3. The molecule has 0 fully saturated rings. The van der Waals surface area contributed by atoms with E-state index in [4.69, 9.17) is 9.05 Å². The maximum atomic E-state index is 12.7. The molecule has 0 atom stereocenters. The van der Waals surface area contributed by atoms with Crippen LogP contribution in [-0.4, -0.2) is 33.7 Å². The first kappa shape index (κ1) is 25.0. The Labute approximate surface area is 208 Å². The van der Waals surface area contributed by atoms with Crippen molar-refractivity contribution in [3.05, 3.63) is 77.1 Å². The van der Waals surface area contributed by atoms with Crippen LogP contribution in [-0.2, 0) is 24.6 Å². The van der Waals surface area contributed by atoms with Crippen LogP contribution < -0.4 is 5.32 Å². The number of anilines is 1. The van der Waals surface area contributed by atoms with Crippen molar-refractivity contribution in [1.82, 2.24) is 14.5 Å². The third-order valence-electron chi connectivity index (χ3n) is 5.12. The SMILES string of the molecule is CCOP(=O)(Cc1ccc(NC(=O)/C=C/c2sc(-n3cnc4ccccc43)nc2C)cc1)OCC. The van der Waals surface area contributed by atoms with Crippen molar-refractivity contribution in [2.75, 3.05) is 18.5 Å². The van der Waals surface area contributed by atoms with Crippen LogP contribution in [0.4, 0.5) is 5.69 Å². The second-order valence-corrected chi connectivity index (χ2v) is 10.7. The summed E-state index contributed by atoms with van der Waals surface area (Å²) in [4.78, 5) is 22.4. The van der Waals surface area contributed by atoms with Gasteiger partial charge in [0.1, 0.15) is 6.33 Å². The molecule has 0 saturated carbocycles. The van der Waals surface area contributed by atoms with Crippen LogP contribution in [0.25, 0.3) is 22.2 Å². The van der Waals surface area contributed by atoms with Gasteiger partial charge in [-0.1, -0.05) is 35.6 Å². The fourth-order valence-corrected chi connectivity index (χ4v) is 6.19. The monoisotopic (exact) mass is 510 g/mol. The lowest BCUT2D eigenvalue weighted by atomic mass is 10.2. The molecule has 0 unspecified atom stereocenters. The number of rotatable bonds is 10. The van der Waals surface area contributed by atoms with Gasteiger partial charge in [0.2, 0.25) is 5.91 Å². The minimum atomic E-state index is -3.17. The predicted octanol–water partition coefficient (Wildman–Crippen LogP) is 6.21. The van der Waals surface area contributed by atoms with E-state index in [1.165, 1.54) is 17.4 Å². The van der Waals surface area contributed by atoms with Gasteiger partial charge in [0, 0.05) is 11.8 Å². The first-order chi connectivity index (χ1) is 16.9. The minimum Gasteiger partial charge on any atom is -0.323 e. The zero-order valence-electron chi connectivity index (χ0n) is 19.8. The molecule has 2 aromatic carbocycles. The average molecular weight is 511 g/mol. The zero-order valence-corrected chi connectivity index (χ0v) is 21.5. The van der Waals surface area contributed by atoms with Crippen molar-refractivity contribution >= 4 is 47.6 Å². The van der Waals surface area contributed by atoms with Crippen LogP contribution in [0.5, 0.6) is 0 Å². The van der Waals surface area contributed by atoms with Gasteiger partial charge >= 0.3 is 7.60 Å². The number of fused-ring (bicyclic) bond motifs is 1. The van der Waals surface area contributed by atoms with Crippen LogP contribution in [0.1, 0.15) is 30.0 Å². The van der Waals surface area contributed by atoms with Gasteiger partial charge < -0.3 is 14.4 Å². The summed E-state index contributed by atoms with van der Waals surface area (Å²) in [5.74, 6) is -0.255. The highest BCUT2D eigenvalue weighted by Crippen LogP contribution is 2.51. The van der Waals surface area contributed by atoms with Crippen LogP contribution in [0.3, 0.4) is 0 Å². The second-order valence-electron chi connectivity index (χ2n) is 7.67. The van der Waals surface area contributed by atoms with E-state index >= 15 is 0 Å². The predicted molar refractivity (Wildman–Crippen MR) is 140 cm³/mol. The van der Waals surface area contributed by atoms with Gasteiger partial charge in [-0.25, -0.2) is 9.97 Å². The van der Waals surface area contributed by atoms with Crippen molar-refractivity contribution in [1.29, 1.82) is 0 Å². The lowest BCUT2D eigenvalue weighted by Crippen LogP contribution is -2.07. The number of benzene rings is 2. The molecule has 182 valence electrons. The number of amides is 1. The molecular formula is C25H27N4O4PS. The Morgan fingerprint density at radius 3 is 2.54 bits per heavy atom. The maximum Gasteiger partial charge on any atom is 0.335 e. The smallest absolute Gasteiger partial charge is 0.323 e. The summed E-state index contributed by atoms with van der Waals surface area (Å²) < 4.78 is 25.3. The molecule has 1 amide bonds. The van der Waals surface area contributed by atoms with Gasteiger partial charge in [0.15, 0.2) is 5.13 Å². The summed E-state index contributed by atoms with van der Waals surface area (Å²) in [7, 11) is -3.17. The van der Waals surface area contributed by atoms with Gasteiger partial charge in [-0.15, -0.1) is 0 Å². The quantitative estimate of drug-likeness (QED) is 0.201. The van der Waals surface area contributed by atoms with E-state index in [9.17, 15) is 9.36 Å². The highest BCUT2D eigenvalue weighted by molar-refractivity contribution is 7.53. The van der Waals surface area contributed by atoms with Gasteiger partial charge in [0.25, 0.3) is 0 Å². The standard InChI is InChI=1S/C25H27N4O4PS/c1-4-32-34(31,33-5-2)16-19-10-12-20(13-11-19)28-24(30)15-14-23-18(3)27-25(35-23)29-17-26-21-8-6-7-9-22(21)29/h6-15,17H,4-5,16H2,1-3H3,(H,28,30)/b15-14+. The Morgan fingerprint density at radius 1 is 1.11 bits per heavy atom. The van der Waals surface area contributed by atoms with Crippen molar-refractivity contribution < 1.29 is 18.4 Å². The first-order valence-corrected chi connectivity index (χ1v) is 13.8. The normalized spacial score (nSPS) is 12.0.